The van der Waals surface area contributed by atoms with E-state index in [2.05, 4.69) is 5.32 Å². The summed E-state index contributed by atoms with van der Waals surface area (Å²) in [5, 5.41) is 3.77. The van der Waals surface area contributed by atoms with Gasteiger partial charge in [0.05, 0.1) is 22.9 Å². The van der Waals surface area contributed by atoms with E-state index in [1.165, 1.54) is 0 Å². The molecule has 90 valence electrons. The summed E-state index contributed by atoms with van der Waals surface area (Å²) < 4.78 is 5.44. The molecule has 2 atom stereocenters. The first kappa shape index (κ1) is 12.0. The summed E-state index contributed by atoms with van der Waals surface area (Å²) in [4.78, 5) is 11.5. The summed E-state index contributed by atoms with van der Waals surface area (Å²) in [5.74, 6) is -0.0600. The van der Waals surface area contributed by atoms with Crippen molar-refractivity contribution in [1.82, 2.24) is 0 Å². The fraction of sp³-hybridized carbons (Fsp3) is 0.308. The Morgan fingerprint density at radius 2 is 2.24 bits per heavy atom. The van der Waals surface area contributed by atoms with Crippen LogP contribution in [0.25, 0.3) is 0 Å². The van der Waals surface area contributed by atoms with Crippen LogP contribution in [0.2, 0.25) is 5.02 Å². The average Bonchev–Trinajstić information content (AvgIpc) is 2.32. The second-order valence-electron chi connectivity index (χ2n) is 4.01. The van der Waals surface area contributed by atoms with E-state index >= 15 is 0 Å². The predicted octanol–water partition coefficient (Wildman–Crippen LogP) is 3.22. The lowest BCUT2D eigenvalue weighted by Crippen LogP contribution is -2.36. The van der Waals surface area contributed by atoms with Gasteiger partial charge in [0.2, 0.25) is 0 Å². The van der Waals surface area contributed by atoms with Crippen molar-refractivity contribution < 1.29 is 9.53 Å². The fourth-order valence-electron chi connectivity index (χ4n) is 1.81. The van der Waals surface area contributed by atoms with Crippen molar-refractivity contribution in [2.75, 3.05) is 5.32 Å². The van der Waals surface area contributed by atoms with Gasteiger partial charge in [-0.15, -0.1) is 0 Å². The Morgan fingerprint density at radius 1 is 1.47 bits per heavy atom. The minimum atomic E-state index is -0.350. The highest BCUT2D eigenvalue weighted by atomic mass is 35.5. The summed E-state index contributed by atoms with van der Waals surface area (Å²) in [6.07, 6.45) is 3.82. The van der Waals surface area contributed by atoms with E-state index in [1.807, 2.05) is 24.3 Å². The minimum Gasteiger partial charge on any atom is -0.478 e. The van der Waals surface area contributed by atoms with Crippen molar-refractivity contribution in [3.05, 3.63) is 41.6 Å². The third-order valence-corrected chi connectivity index (χ3v) is 3.10. The maximum absolute atomic E-state index is 11.5. The molecule has 0 aromatic heterocycles. The van der Waals surface area contributed by atoms with E-state index in [4.69, 9.17) is 16.3 Å². The van der Waals surface area contributed by atoms with Crippen LogP contribution in [-0.2, 0) is 9.53 Å². The molecule has 0 spiro atoms. The van der Waals surface area contributed by atoms with Crippen molar-refractivity contribution in [3.8, 4) is 0 Å². The van der Waals surface area contributed by atoms with Crippen LogP contribution < -0.4 is 5.32 Å². The van der Waals surface area contributed by atoms with Gasteiger partial charge in [-0.25, -0.2) is 0 Å². The van der Waals surface area contributed by atoms with Gasteiger partial charge in [0.25, 0.3) is 0 Å². The number of halogens is 1. The molecule has 1 aromatic rings. The molecule has 0 saturated heterocycles. The lowest BCUT2D eigenvalue weighted by molar-refractivity contribution is -0.124. The number of allylic oxidation sites excluding steroid dienone is 1. The quantitative estimate of drug-likeness (QED) is 0.897. The van der Waals surface area contributed by atoms with Gasteiger partial charge in [-0.05, 0) is 31.6 Å². The molecule has 3 nitrogen and oxygen atoms in total. The molecular weight excluding hydrogens is 238 g/mol. The van der Waals surface area contributed by atoms with Crippen LogP contribution in [0.4, 0.5) is 5.69 Å². The zero-order chi connectivity index (χ0) is 12.3. The average molecular weight is 252 g/mol. The molecule has 0 aliphatic carbocycles. The maximum atomic E-state index is 11.5. The van der Waals surface area contributed by atoms with E-state index in [-0.39, 0.29) is 17.9 Å². The zero-order valence-electron chi connectivity index (χ0n) is 9.52. The Bertz CT molecular complexity index is 445. The van der Waals surface area contributed by atoms with Gasteiger partial charge in [-0.2, -0.15) is 0 Å². The molecule has 0 radical (unpaired) electrons. The topological polar surface area (TPSA) is 38.3 Å². The van der Waals surface area contributed by atoms with Gasteiger partial charge in [-0.3, -0.25) is 4.79 Å². The number of hydrogen-bond donors (Lipinski definition) is 1. The summed E-state index contributed by atoms with van der Waals surface area (Å²) in [7, 11) is 0. The lowest BCUT2D eigenvalue weighted by atomic mass is 9.97. The summed E-state index contributed by atoms with van der Waals surface area (Å²) in [5.41, 5.74) is 0.778. The van der Waals surface area contributed by atoms with Crippen LogP contribution in [-0.4, -0.2) is 12.0 Å². The van der Waals surface area contributed by atoms with Crippen LogP contribution in [0.3, 0.4) is 0 Å². The summed E-state index contributed by atoms with van der Waals surface area (Å²) in [6.45, 7) is 1.58. The van der Waals surface area contributed by atoms with Crippen LogP contribution >= 0.6 is 11.6 Å². The maximum Gasteiger partial charge on any atom is 0.179 e. The zero-order valence-corrected chi connectivity index (χ0v) is 10.3. The van der Waals surface area contributed by atoms with Crippen LogP contribution in [0.15, 0.2) is 36.6 Å². The largest absolute Gasteiger partial charge is 0.478 e. The van der Waals surface area contributed by atoms with Crippen molar-refractivity contribution in [3.63, 3.8) is 0 Å². The molecule has 0 saturated carbocycles. The first-order valence-corrected chi connectivity index (χ1v) is 5.88. The van der Waals surface area contributed by atoms with E-state index in [0.717, 1.165) is 5.69 Å². The number of hydrogen-bond acceptors (Lipinski definition) is 3. The van der Waals surface area contributed by atoms with Crippen LogP contribution in [0.1, 0.15) is 13.3 Å². The second-order valence-corrected chi connectivity index (χ2v) is 4.41. The van der Waals surface area contributed by atoms with Gasteiger partial charge in [0.1, 0.15) is 5.78 Å². The highest BCUT2D eigenvalue weighted by Gasteiger charge is 2.28. The number of ketones is 1. The van der Waals surface area contributed by atoms with Crippen molar-refractivity contribution in [2.24, 2.45) is 5.92 Å². The molecule has 1 N–H and O–H groups in total. The molecule has 17 heavy (non-hydrogen) atoms. The first-order chi connectivity index (χ1) is 8.18. The van der Waals surface area contributed by atoms with E-state index < -0.39 is 0 Å². The molecule has 0 fully saturated rings. The van der Waals surface area contributed by atoms with Crippen molar-refractivity contribution in [2.45, 2.75) is 19.6 Å². The SMILES string of the molecule is CC(=O)C1CC=COC1Nc1ccccc1Cl. The summed E-state index contributed by atoms with van der Waals surface area (Å²) in [6, 6.07) is 7.40. The number of carbonyl (C=O) groups excluding carboxylic acids is 1. The minimum absolute atomic E-state index is 0.110. The number of anilines is 1. The molecule has 2 rings (SSSR count). The smallest absolute Gasteiger partial charge is 0.179 e. The molecular formula is C13H14ClNO2. The van der Waals surface area contributed by atoms with Gasteiger partial charge in [0, 0.05) is 0 Å². The van der Waals surface area contributed by atoms with Crippen LogP contribution in [0, 0.1) is 5.92 Å². The lowest BCUT2D eigenvalue weighted by Gasteiger charge is -2.28. The van der Waals surface area contributed by atoms with Crippen LogP contribution in [0.5, 0.6) is 0 Å². The normalized spacial score (nSPS) is 22.9. The van der Waals surface area contributed by atoms with Gasteiger partial charge in [0.15, 0.2) is 6.23 Å². The number of nitrogens with one attached hydrogen (secondary N) is 1. The highest BCUT2D eigenvalue weighted by Crippen LogP contribution is 2.26. The molecule has 4 heteroatoms. The number of carbonyl (C=O) groups is 1. The first-order valence-electron chi connectivity index (χ1n) is 5.50. The predicted molar refractivity (Wildman–Crippen MR) is 67.9 cm³/mol. The Labute approximate surface area is 105 Å². The van der Waals surface area contributed by atoms with Crippen molar-refractivity contribution >= 4 is 23.1 Å². The molecule has 1 aliphatic rings. The molecule has 1 aliphatic heterocycles. The number of ether oxygens (including phenoxy) is 1. The molecule has 0 bridgehead atoms. The molecule has 0 amide bonds. The molecule has 1 heterocycles. The number of rotatable bonds is 3. The Kier molecular flexibility index (Phi) is 3.69. The van der Waals surface area contributed by atoms with Gasteiger partial charge >= 0.3 is 0 Å². The number of Topliss-reactive ketones (excluding diaryl/α,β-unsaturated/α-hetero) is 1. The second kappa shape index (κ2) is 5.23. The Balaban J connectivity index is 2.14. The third-order valence-electron chi connectivity index (χ3n) is 2.77. The Hall–Kier alpha value is -1.48. The highest BCUT2D eigenvalue weighted by molar-refractivity contribution is 6.33. The van der Waals surface area contributed by atoms with E-state index in [0.29, 0.717) is 11.4 Å². The molecule has 2 unspecified atom stereocenters. The van der Waals surface area contributed by atoms with Gasteiger partial charge < -0.3 is 10.1 Å². The molecule has 1 aromatic carbocycles. The van der Waals surface area contributed by atoms with Crippen molar-refractivity contribution in [1.29, 1.82) is 0 Å². The van der Waals surface area contributed by atoms with Gasteiger partial charge in [-0.1, -0.05) is 23.7 Å². The monoisotopic (exact) mass is 251 g/mol. The summed E-state index contributed by atoms with van der Waals surface area (Å²) >= 11 is 6.05. The third kappa shape index (κ3) is 2.80. The number of para-hydroxylation sites is 1. The standard InChI is InChI=1S/C13H14ClNO2/c1-9(16)10-5-4-8-17-13(10)15-12-7-3-2-6-11(12)14/h2-4,6-8,10,13,15H,5H2,1H3. The number of benzene rings is 1. The van der Waals surface area contributed by atoms with E-state index in [1.54, 1.807) is 19.3 Å². The fourth-order valence-corrected chi connectivity index (χ4v) is 2.00. The van der Waals surface area contributed by atoms with E-state index in [9.17, 15) is 4.79 Å². The Morgan fingerprint density at radius 3 is 2.94 bits per heavy atom.